The lowest BCUT2D eigenvalue weighted by molar-refractivity contribution is 0.269. The summed E-state index contributed by atoms with van der Waals surface area (Å²) in [6.07, 6.45) is 0. The highest BCUT2D eigenvalue weighted by molar-refractivity contribution is 6.65. The van der Waals surface area contributed by atoms with Crippen molar-refractivity contribution in [3.63, 3.8) is 0 Å². The number of aryl methyl sites for hydroxylation is 1. The summed E-state index contributed by atoms with van der Waals surface area (Å²) >= 11 is 5.02. The second-order valence-corrected chi connectivity index (χ2v) is 2.73. The Labute approximate surface area is 74.3 Å². The first-order valence-corrected chi connectivity index (χ1v) is 3.70. The number of hydrogen-bond acceptors (Lipinski definition) is 1. The monoisotopic (exact) mass is 187 g/mol. The molecule has 2 nitrogen and oxygen atoms in total. The SMILES string of the molecule is Cc1ccc(F)c(NC(=O)Cl)c1. The van der Waals surface area contributed by atoms with Crippen LogP contribution in [-0.4, -0.2) is 5.37 Å². The Bertz CT molecular complexity index is 314. The van der Waals surface area contributed by atoms with Crippen molar-refractivity contribution in [3.8, 4) is 0 Å². The zero-order valence-corrected chi connectivity index (χ0v) is 7.15. The van der Waals surface area contributed by atoms with Crippen LogP contribution in [-0.2, 0) is 0 Å². The molecule has 0 heterocycles. The van der Waals surface area contributed by atoms with E-state index in [0.717, 1.165) is 5.56 Å². The van der Waals surface area contributed by atoms with E-state index in [1.165, 1.54) is 12.1 Å². The van der Waals surface area contributed by atoms with E-state index in [1.54, 1.807) is 13.0 Å². The summed E-state index contributed by atoms with van der Waals surface area (Å²) in [7, 11) is 0. The maximum atomic E-state index is 12.9. The third-order valence-electron chi connectivity index (χ3n) is 1.35. The molecule has 0 bridgehead atoms. The van der Waals surface area contributed by atoms with Gasteiger partial charge in [-0.2, -0.15) is 0 Å². The van der Waals surface area contributed by atoms with Crippen LogP contribution < -0.4 is 5.32 Å². The van der Waals surface area contributed by atoms with Crippen LogP contribution in [0.4, 0.5) is 14.9 Å². The van der Waals surface area contributed by atoms with Gasteiger partial charge in [0, 0.05) is 0 Å². The summed E-state index contributed by atoms with van der Waals surface area (Å²) in [5.74, 6) is -0.491. The first kappa shape index (κ1) is 9.00. The molecule has 4 heteroatoms. The van der Waals surface area contributed by atoms with E-state index >= 15 is 0 Å². The average Bonchev–Trinajstić information content (AvgIpc) is 1.96. The van der Waals surface area contributed by atoms with Crippen LogP contribution in [0.15, 0.2) is 18.2 Å². The first-order chi connectivity index (χ1) is 5.59. The Morgan fingerprint density at radius 2 is 2.25 bits per heavy atom. The number of benzene rings is 1. The van der Waals surface area contributed by atoms with Gasteiger partial charge in [-0.15, -0.1) is 0 Å². The molecule has 1 aromatic carbocycles. The highest BCUT2D eigenvalue weighted by Crippen LogP contribution is 2.15. The summed E-state index contributed by atoms with van der Waals surface area (Å²) in [6.45, 7) is 1.79. The number of halogens is 2. The molecular weight excluding hydrogens is 181 g/mol. The maximum Gasteiger partial charge on any atom is 0.318 e. The van der Waals surface area contributed by atoms with E-state index < -0.39 is 11.2 Å². The van der Waals surface area contributed by atoms with E-state index in [4.69, 9.17) is 11.6 Å². The zero-order chi connectivity index (χ0) is 9.14. The summed E-state index contributed by atoms with van der Waals surface area (Å²) in [6, 6.07) is 4.40. The zero-order valence-electron chi connectivity index (χ0n) is 6.40. The van der Waals surface area contributed by atoms with Gasteiger partial charge >= 0.3 is 5.37 Å². The van der Waals surface area contributed by atoms with Crippen LogP contribution in [0.3, 0.4) is 0 Å². The van der Waals surface area contributed by atoms with Gasteiger partial charge in [0.25, 0.3) is 0 Å². The summed E-state index contributed by atoms with van der Waals surface area (Å²) in [5.41, 5.74) is 0.965. The van der Waals surface area contributed by atoms with Gasteiger partial charge in [0.1, 0.15) is 5.82 Å². The largest absolute Gasteiger partial charge is 0.318 e. The molecule has 0 aliphatic carbocycles. The quantitative estimate of drug-likeness (QED) is 0.532. The van der Waals surface area contributed by atoms with Gasteiger partial charge < -0.3 is 5.32 Å². The number of nitrogens with one attached hydrogen (secondary N) is 1. The predicted octanol–water partition coefficient (Wildman–Crippen LogP) is 2.90. The second-order valence-electron chi connectivity index (χ2n) is 2.38. The van der Waals surface area contributed by atoms with Gasteiger partial charge in [0.2, 0.25) is 0 Å². The highest BCUT2D eigenvalue weighted by Gasteiger charge is 2.03. The molecule has 0 aliphatic heterocycles. The van der Waals surface area contributed by atoms with Gasteiger partial charge in [0.15, 0.2) is 0 Å². The van der Waals surface area contributed by atoms with Crippen molar-refractivity contribution in [2.75, 3.05) is 5.32 Å². The summed E-state index contributed by atoms with van der Waals surface area (Å²) in [5, 5.41) is 1.37. The molecule has 0 spiro atoms. The molecule has 1 rings (SSSR count). The molecule has 1 N–H and O–H groups in total. The molecule has 0 saturated heterocycles. The fraction of sp³-hybridized carbons (Fsp3) is 0.125. The first-order valence-electron chi connectivity index (χ1n) is 3.32. The fourth-order valence-electron chi connectivity index (χ4n) is 0.841. The average molecular weight is 188 g/mol. The van der Waals surface area contributed by atoms with Crippen molar-refractivity contribution in [2.45, 2.75) is 6.92 Å². The molecule has 0 saturated carbocycles. The number of rotatable bonds is 1. The standard InChI is InChI=1S/C8H7ClFNO/c1-5-2-3-6(10)7(4-5)11-8(9)12/h2-4H,1H3,(H,11,12). The van der Waals surface area contributed by atoms with E-state index in [0.29, 0.717) is 0 Å². The van der Waals surface area contributed by atoms with Gasteiger partial charge in [0.05, 0.1) is 5.69 Å². The minimum absolute atomic E-state index is 0.106. The number of anilines is 1. The Kier molecular flexibility index (Phi) is 2.65. The van der Waals surface area contributed by atoms with E-state index in [2.05, 4.69) is 5.32 Å². The van der Waals surface area contributed by atoms with Crippen LogP contribution in [0.1, 0.15) is 5.56 Å². The van der Waals surface area contributed by atoms with Crippen molar-refractivity contribution in [2.24, 2.45) is 0 Å². The molecule has 12 heavy (non-hydrogen) atoms. The molecule has 1 aromatic rings. The van der Waals surface area contributed by atoms with Crippen molar-refractivity contribution in [1.82, 2.24) is 0 Å². The Morgan fingerprint density at radius 3 is 2.83 bits per heavy atom. The summed E-state index contributed by atoms with van der Waals surface area (Å²) in [4.78, 5) is 10.4. The van der Waals surface area contributed by atoms with E-state index in [1.807, 2.05) is 0 Å². The van der Waals surface area contributed by atoms with Crippen LogP contribution >= 0.6 is 11.6 Å². The van der Waals surface area contributed by atoms with Gasteiger partial charge in [-0.25, -0.2) is 4.39 Å². The highest BCUT2D eigenvalue weighted by atomic mass is 35.5. The molecule has 0 aliphatic rings. The lowest BCUT2D eigenvalue weighted by atomic mass is 10.2. The molecule has 64 valence electrons. The normalized spacial score (nSPS) is 9.58. The third kappa shape index (κ3) is 2.20. The second kappa shape index (κ2) is 3.54. The van der Waals surface area contributed by atoms with Crippen LogP contribution in [0.25, 0.3) is 0 Å². The minimum Gasteiger partial charge on any atom is -0.310 e. The van der Waals surface area contributed by atoms with Gasteiger partial charge in [-0.05, 0) is 36.2 Å². The molecule has 0 aromatic heterocycles. The molecule has 0 radical (unpaired) electrons. The van der Waals surface area contributed by atoms with E-state index in [9.17, 15) is 9.18 Å². The molecule has 0 fully saturated rings. The Balaban J connectivity index is 2.97. The van der Waals surface area contributed by atoms with Crippen molar-refractivity contribution in [3.05, 3.63) is 29.6 Å². The molecule has 0 atom stereocenters. The third-order valence-corrected chi connectivity index (χ3v) is 1.45. The molecular formula is C8H7ClFNO. The predicted molar refractivity (Wildman–Crippen MR) is 46.0 cm³/mol. The number of amides is 1. The smallest absolute Gasteiger partial charge is 0.310 e. The Morgan fingerprint density at radius 1 is 1.58 bits per heavy atom. The van der Waals surface area contributed by atoms with Gasteiger partial charge in [-0.3, -0.25) is 4.79 Å². The molecule has 0 unspecified atom stereocenters. The maximum absolute atomic E-state index is 12.9. The Hall–Kier alpha value is -1.09. The fourth-order valence-corrected chi connectivity index (χ4v) is 0.943. The molecule has 1 amide bonds. The minimum atomic E-state index is -0.792. The van der Waals surface area contributed by atoms with Crippen molar-refractivity contribution in [1.29, 1.82) is 0 Å². The lowest BCUT2D eigenvalue weighted by Crippen LogP contribution is -2.03. The number of hydrogen-bond donors (Lipinski definition) is 1. The van der Waals surface area contributed by atoms with Crippen LogP contribution in [0.5, 0.6) is 0 Å². The van der Waals surface area contributed by atoms with E-state index in [-0.39, 0.29) is 5.69 Å². The topological polar surface area (TPSA) is 29.1 Å². The van der Waals surface area contributed by atoms with Crippen LogP contribution in [0, 0.1) is 12.7 Å². The lowest BCUT2D eigenvalue weighted by Gasteiger charge is -2.02. The van der Waals surface area contributed by atoms with Crippen molar-refractivity contribution < 1.29 is 9.18 Å². The number of carbonyl (C=O) groups excluding carboxylic acids is 1. The summed E-state index contributed by atoms with van der Waals surface area (Å²) < 4.78 is 12.9. The van der Waals surface area contributed by atoms with Crippen molar-refractivity contribution >= 4 is 22.7 Å². The van der Waals surface area contributed by atoms with Gasteiger partial charge in [-0.1, -0.05) is 6.07 Å². The number of carbonyl (C=O) groups is 1. The van der Waals surface area contributed by atoms with Crippen LogP contribution in [0.2, 0.25) is 0 Å².